The average Bonchev–Trinajstić information content (AvgIpc) is 3.02. The van der Waals surface area contributed by atoms with Crippen LogP contribution in [0, 0.1) is 16.0 Å². The van der Waals surface area contributed by atoms with Gasteiger partial charge in [0, 0.05) is 25.6 Å². The maximum atomic E-state index is 12.1. The van der Waals surface area contributed by atoms with Crippen molar-refractivity contribution in [1.29, 1.82) is 0 Å². The van der Waals surface area contributed by atoms with Gasteiger partial charge in [-0.05, 0) is 23.3 Å². The Hall–Kier alpha value is -2.45. The van der Waals surface area contributed by atoms with Gasteiger partial charge in [0.25, 0.3) is 0 Å². The maximum absolute atomic E-state index is 12.1. The zero-order chi connectivity index (χ0) is 15.6. The molecule has 0 bridgehead atoms. The van der Waals surface area contributed by atoms with Gasteiger partial charge in [-0.15, -0.1) is 0 Å². The molecule has 114 valence electrons. The summed E-state index contributed by atoms with van der Waals surface area (Å²) in [4.78, 5) is 38.2. The lowest BCUT2D eigenvalue weighted by atomic mass is 10.0. The Morgan fingerprint density at radius 1 is 1.57 bits per heavy atom. The Balaban J connectivity index is 1.90. The first-order valence-electron chi connectivity index (χ1n) is 6.58. The number of hydrogen-bond acceptors (Lipinski definition) is 5. The number of likely N-dealkylation sites (tertiary alicyclic amines) is 1. The van der Waals surface area contributed by atoms with Crippen molar-refractivity contribution in [3.05, 3.63) is 22.6 Å². The summed E-state index contributed by atoms with van der Waals surface area (Å²) in [6, 6.07) is -0.327. The molecule has 1 aromatic heterocycles. The number of carbonyl (C=O) groups is 2. The van der Waals surface area contributed by atoms with E-state index in [2.05, 4.69) is 4.98 Å². The molecule has 9 nitrogen and oxygen atoms in total. The van der Waals surface area contributed by atoms with Gasteiger partial charge in [-0.25, -0.2) is 0 Å². The highest BCUT2D eigenvalue weighted by Crippen LogP contribution is 2.25. The summed E-state index contributed by atoms with van der Waals surface area (Å²) in [7, 11) is 0. The number of imidazole rings is 1. The van der Waals surface area contributed by atoms with Crippen molar-refractivity contribution in [2.24, 2.45) is 5.92 Å². The Labute approximate surface area is 120 Å². The summed E-state index contributed by atoms with van der Waals surface area (Å²) in [5.74, 6) is -1.82. The van der Waals surface area contributed by atoms with Crippen LogP contribution in [0.4, 0.5) is 5.82 Å². The number of carboxylic acids is 1. The van der Waals surface area contributed by atoms with Gasteiger partial charge < -0.3 is 24.7 Å². The maximum Gasteiger partial charge on any atom is 0.381 e. The van der Waals surface area contributed by atoms with Crippen LogP contribution in [0.25, 0.3) is 0 Å². The molecule has 1 fully saturated rings. The highest BCUT2D eigenvalue weighted by atomic mass is 16.6. The van der Waals surface area contributed by atoms with E-state index in [9.17, 15) is 19.7 Å². The zero-order valence-corrected chi connectivity index (χ0v) is 11.5. The van der Waals surface area contributed by atoms with E-state index in [0.29, 0.717) is 13.0 Å². The SMILES string of the molecule is CC1C(C(=O)O)CCN1C(=O)CCn1cnc([N+](=O)[O-])c1. The second-order valence-electron chi connectivity index (χ2n) is 5.04. The molecule has 2 rings (SSSR count). The fourth-order valence-corrected chi connectivity index (χ4v) is 2.56. The molecular weight excluding hydrogens is 280 g/mol. The lowest BCUT2D eigenvalue weighted by molar-refractivity contribution is -0.389. The van der Waals surface area contributed by atoms with E-state index >= 15 is 0 Å². The van der Waals surface area contributed by atoms with Crippen LogP contribution in [0.5, 0.6) is 0 Å². The number of nitro groups is 1. The number of amides is 1. The topological polar surface area (TPSA) is 119 Å². The Bertz CT molecular complexity index is 570. The monoisotopic (exact) mass is 296 g/mol. The smallest absolute Gasteiger partial charge is 0.381 e. The highest BCUT2D eigenvalue weighted by molar-refractivity contribution is 5.79. The third-order valence-corrected chi connectivity index (χ3v) is 3.78. The largest absolute Gasteiger partial charge is 0.481 e. The van der Waals surface area contributed by atoms with Crippen LogP contribution in [0.3, 0.4) is 0 Å². The van der Waals surface area contributed by atoms with Crippen LogP contribution in [0.15, 0.2) is 12.5 Å². The standard InChI is InChI=1S/C12H16N4O5/c1-8-9(12(18)19)2-5-15(8)11(17)3-4-14-6-10(13-7-14)16(20)21/h6-9H,2-5H2,1H3,(H,18,19). The van der Waals surface area contributed by atoms with Gasteiger partial charge in [0.1, 0.15) is 6.20 Å². The quantitative estimate of drug-likeness (QED) is 0.624. The van der Waals surface area contributed by atoms with Crippen LogP contribution in [-0.4, -0.2) is 48.9 Å². The van der Waals surface area contributed by atoms with Crippen LogP contribution in [-0.2, 0) is 16.1 Å². The normalized spacial score (nSPS) is 21.5. The van der Waals surface area contributed by atoms with Crippen LogP contribution in [0.1, 0.15) is 19.8 Å². The van der Waals surface area contributed by atoms with Gasteiger partial charge in [0.15, 0.2) is 0 Å². The number of aromatic nitrogens is 2. The van der Waals surface area contributed by atoms with E-state index in [-0.39, 0.29) is 30.7 Å². The first kappa shape index (κ1) is 14.9. The zero-order valence-electron chi connectivity index (χ0n) is 11.5. The molecule has 2 atom stereocenters. The minimum atomic E-state index is -0.886. The number of aliphatic carboxylic acids is 1. The summed E-state index contributed by atoms with van der Waals surface area (Å²) in [5, 5.41) is 19.5. The summed E-state index contributed by atoms with van der Waals surface area (Å²) in [6.45, 7) is 2.44. The summed E-state index contributed by atoms with van der Waals surface area (Å²) >= 11 is 0. The van der Waals surface area contributed by atoms with E-state index in [1.807, 2.05) is 0 Å². The summed E-state index contributed by atoms with van der Waals surface area (Å²) in [5.41, 5.74) is 0. The lowest BCUT2D eigenvalue weighted by Crippen LogP contribution is -2.37. The predicted octanol–water partition coefficient (Wildman–Crippen LogP) is 0.503. The van der Waals surface area contributed by atoms with Gasteiger partial charge >= 0.3 is 11.8 Å². The van der Waals surface area contributed by atoms with E-state index < -0.39 is 16.8 Å². The molecule has 21 heavy (non-hydrogen) atoms. The van der Waals surface area contributed by atoms with Gasteiger partial charge in [-0.2, -0.15) is 0 Å². The fourth-order valence-electron chi connectivity index (χ4n) is 2.56. The second-order valence-corrected chi connectivity index (χ2v) is 5.04. The average molecular weight is 296 g/mol. The van der Waals surface area contributed by atoms with Crippen molar-refractivity contribution in [1.82, 2.24) is 14.5 Å². The molecule has 0 saturated carbocycles. The number of aryl methyl sites for hydroxylation is 1. The fraction of sp³-hybridized carbons (Fsp3) is 0.583. The number of hydrogen-bond donors (Lipinski definition) is 1. The first-order valence-corrected chi connectivity index (χ1v) is 6.58. The third-order valence-electron chi connectivity index (χ3n) is 3.78. The van der Waals surface area contributed by atoms with Crippen molar-refractivity contribution in [2.45, 2.75) is 32.4 Å². The van der Waals surface area contributed by atoms with E-state index in [0.717, 1.165) is 0 Å². The first-order chi connectivity index (χ1) is 9.90. The van der Waals surface area contributed by atoms with Crippen molar-refractivity contribution >= 4 is 17.7 Å². The van der Waals surface area contributed by atoms with Crippen LogP contribution in [0.2, 0.25) is 0 Å². The Morgan fingerprint density at radius 3 is 2.81 bits per heavy atom. The molecule has 1 aromatic rings. The van der Waals surface area contributed by atoms with E-state index in [1.54, 1.807) is 11.8 Å². The van der Waals surface area contributed by atoms with Crippen molar-refractivity contribution < 1.29 is 19.6 Å². The number of nitrogens with zero attached hydrogens (tertiary/aromatic N) is 4. The highest BCUT2D eigenvalue weighted by Gasteiger charge is 2.37. The van der Waals surface area contributed by atoms with Gasteiger partial charge in [0.05, 0.1) is 5.92 Å². The molecule has 2 unspecified atom stereocenters. The molecule has 1 aliphatic rings. The van der Waals surface area contributed by atoms with E-state index in [1.165, 1.54) is 17.1 Å². The summed E-state index contributed by atoms with van der Waals surface area (Å²) < 4.78 is 1.48. The molecule has 1 N–H and O–H groups in total. The van der Waals surface area contributed by atoms with Gasteiger partial charge in [-0.1, -0.05) is 0 Å². The third kappa shape index (κ3) is 3.18. The predicted molar refractivity (Wildman–Crippen MR) is 70.4 cm³/mol. The van der Waals surface area contributed by atoms with Crippen LogP contribution >= 0.6 is 0 Å². The Kier molecular flexibility index (Phi) is 4.20. The van der Waals surface area contributed by atoms with Crippen molar-refractivity contribution in [2.75, 3.05) is 6.54 Å². The number of carbonyl (C=O) groups excluding carboxylic acids is 1. The van der Waals surface area contributed by atoms with Crippen molar-refractivity contribution in [3.8, 4) is 0 Å². The molecular formula is C12H16N4O5. The molecule has 9 heteroatoms. The molecule has 0 spiro atoms. The minimum absolute atomic E-state index is 0.150. The summed E-state index contributed by atoms with van der Waals surface area (Å²) in [6.07, 6.45) is 3.18. The Morgan fingerprint density at radius 2 is 2.29 bits per heavy atom. The van der Waals surface area contributed by atoms with E-state index in [4.69, 9.17) is 5.11 Å². The minimum Gasteiger partial charge on any atom is -0.481 e. The van der Waals surface area contributed by atoms with Crippen LogP contribution < -0.4 is 0 Å². The lowest BCUT2D eigenvalue weighted by Gasteiger charge is -2.23. The van der Waals surface area contributed by atoms with Crippen molar-refractivity contribution in [3.63, 3.8) is 0 Å². The molecule has 1 saturated heterocycles. The molecule has 1 amide bonds. The molecule has 0 radical (unpaired) electrons. The number of rotatable bonds is 5. The molecule has 1 aliphatic heterocycles. The molecule has 0 aliphatic carbocycles. The molecule has 0 aromatic carbocycles. The van der Waals surface area contributed by atoms with Gasteiger partial charge in [-0.3, -0.25) is 9.59 Å². The number of carboxylic acid groups (broad SMARTS) is 1. The second kappa shape index (κ2) is 5.90. The molecule has 2 heterocycles. The van der Waals surface area contributed by atoms with Gasteiger partial charge in [0.2, 0.25) is 12.2 Å².